The Labute approximate surface area is 110 Å². The minimum absolute atomic E-state index is 0.765. The molecule has 2 rings (SSSR count). The normalized spacial score (nSPS) is 15.4. The highest BCUT2D eigenvalue weighted by Gasteiger charge is 2.22. The van der Waals surface area contributed by atoms with Crippen molar-refractivity contribution in [1.82, 2.24) is 5.32 Å². The Morgan fingerprint density at radius 3 is 2.44 bits per heavy atom. The van der Waals surface area contributed by atoms with E-state index < -0.39 is 0 Å². The van der Waals surface area contributed by atoms with Crippen LogP contribution in [0.5, 0.6) is 5.75 Å². The molecular weight excluding hydrogens is 224 g/mol. The second kappa shape index (κ2) is 5.19. The highest BCUT2D eigenvalue weighted by Crippen LogP contribution is 2.36. The summed E-state index contributed by atoms with van der Waals surface area (Å²) in [6.07, 6.45) is 0. The Kier molecular flexibility index (Phi) is 3.81. The first-order valence-corrected chi connectivity index (χ1v) is 6.61. The Hall–Kier alpha value is -1.22. The van der Waals surface area contributed by atoms with Crippen LogP contribution in [0.2, 0.25) is 0 Å². The summed E-state index contributed by atoms with van der Waals surface area (Å²) in [6.45, 7) is 9.81. The van der Waals surface area contributed by atoms with Crippen LogP contribution < -0.4 is 15.0 Å². The van der Waals surface area contributed by atoms with Crippen LogP contribution in [0.3, 0.4) is 0 Å². The van der Waals surface area contributed by atoms with Crippen LogP contribution in [0.1, 0.15) is 16.7 Å². The molecule has 0 bridgehead atoms. The zero-order chi connectivity index (χ0) is 13.3. The molecular formula is C15H24N2O. The lowest BCUT2D eigenvalue weighted by Crippen LogP contribution is -2.47. The van der Waals surface area contributed by atoms with Gasteiger partial charge in [-0.25, -0.2) is 0 Å². The van der Waals surface area contributed by atoms with Crippen molar-refractivity contribution >= 4 is 5.69 Å². The standard InChI is InChI=1S/C15H24N2O/c1-10-6-11(2)14(15(18-5)12(10)3)17(4)9-13-7-16-8-13/h6,13,16H,7-9H2,1-5H3. The van der Waals surface area contributed by atoms with Crippen LogP contribution >= 0.6 is 0 Å². The lowest BCUT2D eigenvalue weighted by atomic mass is 9.99. The predicted octanol–water partition coefficient (Wildman–Crippen LogP) is 2.28. The number of hydrogen-bond acceptors (Lipinski definition) is 3. The summed E-state index contributed by atoms with van der Waals surface area (Å²) in [5, 5.41) is 3.32. The first kappa shape index (κ1) is 13.2. The van der Waals surface area contributed by atoms with Gasteiger partial charge in [-0.05, 0) is 37.5 Å². The van der Waals surface area contributed by atoms with Gasteiger partial charge >= 0.3 is 0 Å². The van der Waals surface area contributed by atoms with E-state index in [1.54, 1.807) is 7.11 Å². The van der Waals surface area contributed by atoms with Crippen molar-refractivity contribution in [3.8, 4) is 5.75 Å². The smallest absolute Gasteiger partial charge is 0.145 e. The van der Waals surface area contributed by atoms with E-state index in [0.717, 1.165) is 31.3 Å². The fourth-order valence-corrected chi connectivity index (χ4v) is 2.72. The predicted molar refractivity (Wildman–Crippen MR) is 76.8 cm³/mol. The van der Waals surface area contributed by atoms with Crippen LogP contribution in [-0.2, 0) is 0 Å². The van der Waals surface area contributed by atoms with E-state index in [-0.39, 0.29) is 0 Å². The molecule has 3 heteroatoms. The van der Waals surface area contributed by atoms with E-state index >= 15 is 0 Å². The number of nitrogens with zero attached hydrogens (tertiary/aromatic N) is 1. The maximum atomic E-state index is 5.63. The summed E-state index contributed by atoms with van der Waals surface area (Å²) in [6, 6.07) is 2.25. The van der Waals surface area contributed by atoms with Crippen LogP contribution in [0.15, 0.2) is 6.07 Å². The summed E-state index contributed by atoms with van der Waals surface area (Å²) in [5.41, 5.74) is 5.08. The number of nitrogens with one attached hydrogen (secondary N) is 1. The first-order valence-electron chi connectivity index (χ1n) is 6.61. The second-order valence-electron chi connectivity index (χ2n) is 5.42. The third-order valence-corrected chi connectivity index (χ3v) is 3.94. The van der Waals surface area contributed by atoms with Gasteiger partial charge in [-0.2, -0.15) is 0 Å². The molecule has 0 unspecified atom stereocenters. The summed E-state index contributed by atoms with van der Waals surface area (Å²) in [7, 11) is 3.93. The van der Waals surface area contributed by atoms with Crippen molar-refractivity contribution in [1.29, 1.82) is 0 Å². The Morgan fingerprint density at radius 2 is 1.94 bits per heavy atom. The van der Waals surface area contributed by atoms with Gasteiger partial charge in [-0.1, -0.05) is 6.07 Å². The monoisotopic (exact) mass is 248 g/mol. The molecule has 1 aromatic rings. The minimum Gasteiger partial charge on any atom is -0.494 e. The number of benzene rings is 1. The highest BCUT2D eigenvalue weighted by molar-refractivity contribution is 5.67. The van der Waals surface area contributed by atoms with Gasteiger partial charge in [0, 0.05) is 32.6 Å². The molecule has 18 heavy (non-hydrogen) atoms. The van der Waals surface area contributed by atoms with E-state index in [9.17, 15) is 0 Å². The maximum Gasteiger partial charge on any atom is 0.145 e. The van der Waals surface area contributed by atoms with Gasteiger partial charge in [0.15, 0.2) is 0 Å². The van der Waals surface area contributed by atoms with Crippen LogP contribution in [-0.4, -0.2) is 33.8 Å². The molecule has 1 N–H and O–H groups in total. The minimum atomic E-state index is 0.765. The van der Waals surface area contributed by atoms with E-state index in [4.69, 9.17) is 4.74 Å². The lowest BCUT2D eigenvalue weighted by Gasteiger charge is -2.34. The van der Waals surface area contributed by atoms with Crippen LogP contribution in [0.25, 0.3) is 0 Å². The van der Waals surface area contributed by atoms with Gasteiger partial charge in [0.05, 0.1) is 12.8 Å². The van der Waals surface area contributed by atoms with Crippen molar-refractivity contribution in [3.63, 3.8) is 0 Å². The lowest BCUT2D eigenvalue weighted by molar-refractivity contribution is 0.350. The molecule has 0 radical (unpaired) electrons. The number of ether oxygens (including phenoxy) is 1. The van der Waals surface area contributed by atoms with E-state index in [2.05, 4.69) is 44.1 Å². The van der Waals surface area contributed by atoms with Crippen LogP contribution in [0.4, 0.5) is 5.69 Å². The zero-order valence-electron chi connectivity index (χ0n) is 12.1. The molecule has 3 nitrogen and oxygen atoms in total. The molecule has 1 fully saturated rings. The van der Waals surface area contributed by atoms with Gasteiger partial charge in [0.2, 0.25) is 0 Å². The number of aryl methyl sites for hydroxylation is 2. The molecule has 0 saturated carbocycles. The average molecular weight is 248 g/mol. The molecule has 1 saturated heterocycles. The third-order valence-electron chi connectivity index (χ3n) is 3.94. The van der Waals surface area contributed by atoms with Crippen molar-refractivity contribution in [2.45, 2.75) is 20.8 Å². The largest absolute Gasteiger partial charge is 0.494 e. The molecule has 0 spiro atoms. The fourth-order valence-electron chi connectivity index (χ4n) is 2.72. The summed E-state index contributed by atoms with van der Waals surface area (Å²) in [5.74, 6) is 1.79. The van der Waals surface area contributed by atoms with Gasteiger partial charge in [0.25, 0.3) is 0 Å². The van der Waals surface area contributed by atoms with Crippen molar-refractivity contribution in [2.24, 2.45) is 5.92 Å². The third kappa shape index (κ3) is 2.32. The molecule has 1 heterocycles. The molecule has 1 aromatic carbocycles. The molecule has 0 aliphatic carbocycles. The summed E-state index contributed by atoms with van der Waals surface area (Å²) < 4.78 is 5.63. The molecule has 0 atom stereocenters. The topological polar surface area (TPSA) is 24.5 Å². The second-order valence-corrected chi connectivity index (χ2v) is 5.42. The van der Waals surface area contributed by atoms with Crippen LogP contribution in [0, 0.1) is 26.7 Å². The SMILES string of the molecule is COc1c(C)c(C)cc(C)c1N(C)CC1CNC1. The molecule has 0 aromatic heterocycles. The number of anilines is 1. The molecule has 1 aliphatic heterocycles. The van der Waals surface area contributed by atoms with Gasteiger partial charge in [-0.3, -0.25) is 0 Å². The quantitative estimate of drug-likeness (QED) is 0.884. The zero-order valence-corrected chi connectivity index (χ0v) is 12.1. The van der Waals surface area contributed by atoms with Crippen molar-refractivity contribution < 1.29 is 4.74 Å². The number of rotatable bonds is 4. The highest BCUT2D eigenvalue weighted by atomic mass is 16.5. The van der Waals surface area contributed by atoms with Crippen molar-refractivity contribution in [2.75, 3.05) is 38.7 Å². The average Bonchev–Trinajstić information content (AvgIpc) is 2.27. The summed E-state index contributed by atoms with van der Waals surface area (Å²) in [4.78, 5) is 2.34. The van der Waals surface area contributed by atoms with E-state index in [1.807, 2.05) is 0 Å². The van der Waals surface area contributed by atoms with E-state index in [1.165, 1.54) is 22.4 Å². The first-order chi connectivity index (χ1) is 8.54. The van der Waals surface area contributed by atoms with Gasteiger partial charge in [-0.15, -0.1) is 0 Å². The molecule has 1 aliphatic rings. The summed E-state index contributed by atoms with van der Waals surface area (Å²) >= 11 is 0. The Bertz CT molecular complexity index is 439. The van der Waals surface area contributed by atoms with Gasteiger partial charge < -0.3 is 15.0 Å². The maximum absolute atomic E-state index is 5.63. The number of hydrogen-bond donors (Lipinski definition) is 1. The van der Waals surface area contributed by atoms with Gasteiger partial charge in [0.1, 0.15) is 5.75 Å². The van der Waals surface area contributed by atoms with E-state index in [0.29, 0.717) is 0 Å². The fraction of sp³-hybridized carbons (Fsp3) is 0.600. The van der Waals surface area contributed by atoms with Crippen molar-refractivity contribution in [3.05, 3.63) is 22.8 Å². The Balaban J connectivity index is 2.32. The number of methoxy groups -OCH3 is 1. The molecule has 0 amide bonds. The molecule has 100 valence electrons. The Morgan fingerprint density at radius 1 is 1.28 bits per heavy atom.